The molecule has 0 aliphatic carbocycles. The molecule has 5 heteroatoms. The quantitative estimate of drug-likeness (QED) is 0.782. The Morgan fingerprint density at radius 3 is 2.75 bits per heavy atom. The minimum absolute atomic E-state index is 0.359. The normalized spacial score (nSPS) is 17.2. The second kappa shape index (κ2) is 8.22. The number of methoxy groups -OCH3 is 1. The summed E-state index contributed by atoms with van der Waals surface area (Å²) in [5.74, 6) is 2.06. The molecule has 0 bridgehead atoms. The largest absolute Gasteiger partial charge is 0.381 e. The van der Waals surface area contributed by atoms with Crippen molar-refractivity contribution in [2.75, 3.05) is 31.8 Å². The summed E-state index contributed by atoms with van der Waals surface area (Å²) in [5.41, 5.74) is 2.34. The van der Waals surface area contributed by atoms with Gasteiger partial charge < -0.3 is 14.4 Å². The van der Waals surface area contributed by atoms with E-state index in [1.807, 2.05) is 6.07 Å². The first kappa shape index (κ1) is 16.9. The van der Waals surface area contributed by atoms with Crippen molar-refractivity contribution in [3.63, 3.8) is 0 Å². The van der Waals surface area contributed by atoms with Gasteiger partial charge in [-0.05, 0) is 18.9 Å². The van der Waals surface area contributed by atoms with E-state index in [0.29, 0.717) is 12.5 Å². The third kappa shape index (κ3) is 4.10. The van der Waals surface area contributed by atoms with Gasteiger partial charge in [-0.25, -0.2) is 9.97 Å². The summed E-state index contributed by atoms with van der Waals surface area (Å²) in [5, 5.41) is 0. The molecule has 128 valence electrons. The van der Waals surface area contributed by atoms with Gasteiger partial charge in [0.15, 0.2) is 5.82 Å². The molecular formula is C19H25N3O2. The van der Waals surface area contributed by atoms with E-state index >= 15 is 0 Å². The van der Waals surface area contributed by atoms with Gasteiger partial charge in [0.05, 0.1) is 12.3 Å². The first-order chi connectivity index (χ1) is 11.8. The van der Waals surface area contributed by atoms with E-state index in [0.717, 1.165) is 50.1 Å². The van der Waals surface area contributed by atoms with Gasteiger partial charge in [0.2, 0.25) is 0 Å². The third-order valence-corrected chi connectivity index (χ3v) is 4.32. The average Bonchev–Trinajstić information content (AvgIpc) is 3.15. The third-order valence-electron chi connectivity index (χ3n) is 4.32. The second-order valence-electron chi connectivity index (χ2n) is 6.06. The molecule has 1 saturated heterocycles. The molecule has 1 atom stereocenters. The molecule has 1 aliphatic rings. The fourth-order valence-corrected chi connectivity index (χ4v) is 2.99. The number of hydrogen-bond donors (Lipinski definition) is 0. The van der Waals surface area contributed by atoms with Gasteiger partial charge in [0.25, 0.3) is 0 Å². The highest BCUT2D eigenvalue weighted by Gasteiger charge is 2.22. The zero-order valence-corrected chi connectivity index (χ0v) is 14.4. The van der Waals surface area contributed by atoms with E-state index in [2.05, 4.69) is 47.1 Å². The van der Waals surface area contributed by atoms with E-state index < -0.39 is 0 Å². The predicted octanol–water partition coefficient (Wildman–Crippen LogP) is 3.15. The summed E-state index contributed by atoms with van der Waals surface area (Å²) in [6.45, 7) is 5.86. The molecule has 1 aromatic carbocycles. The summed E-state index contributed by atoms with van der Waals surface area (Å²) in [7, 11) is 1.68. The van der Waals surface area contributed by atoms with Gasteiger partial charge in [0, 0.05) is 38.8 Å². The first-order valence-corrected chi connectivity index (χ1v) is 8.53. The van der Waals surface area contributed by atoms with E-state index in [-0.39, 0.29) is 0 Å². The molecule has 1 fully saturated rings. The van der Waals surface area contributed by atoms with Crippen molar-refractivity contribution in [1.29, 1.82) is 0 Å². The van der Waals surface area contributed by atoms with Crippen LogP contribution in [0.15, 0.2) is 36.4 Å². The fraction of sp³-hybridized carbons (Fsp3) is 0.474. The molecule has 2 heterocycles. The summed E-state index contributed by atoms with van der Waals surface area (Å²) >= 11 is 0. The van der Waals surface area contributed by atoms with E-state index in [4.69, 9.17) is 14.5 Å². The Hall–Kier alpha value is -1.98. The van der Waals surface area contributed by atoms with Crippen molar-refractivity contribution in [2.24, 2.45) is 0 Å². The van der Waals surface area contributed by atoms with Crippen LogP contribution in [0.5, 0.6) is 0 Å². The molecule has 24 heavy (non-hydrogen) atoms. The van der Waals surface area contributed by atoms with Gasteiger partial charge in [-0.15, -0.1) is 0 Å². The molecule has 3 rings (SSSR count). The van der Waals surface area contributed by atoms with Crippen LogP contribution in [0.3, 0.4) is 0 Å². The van der Waals surface area contributed by atoms with Crippen LogP contribution in [-0.4, -0.2) is 36.8 Å². The average molecular weight is 327 g/mol. The van der Waals surface area contributed by atoms with Crippen LogP contribution in [-0.2, 0) is 22.6 Å². The maximum atomic E-state index is 5.53. The number of hydrogen-bond acceptors (Lipinski definition) is 5. The zero-order valence-electron chi connectivity index (χ0n) is 14.4. The fourth-order valence-electron chi connectivity index (χ4n) is 2.99. The number of ether oxygens (including phenoxy) is 2. The highest BCUT2D eigenvalue weighted by Crippen LogP contribution is 2.27. The van der Waals surface area contributed by atoms with Gasteiger partial charge in [-0.2, -0.15) is 0 Å². The van der Waals surface area contributed by atoms with Crippen LogP contribution in [0.1, 0.15) is 36.3 Å². The van der Waals surface area contributed by atoms with Gasteiger partial charge >= 0.3 is 0 Å². The Morgan fingerprint density at radius 2 is 2.08 bits per heavy atom. The molecule has 0 radical (unpaired) electrons. The Balaban J connectivity index is 1.88. The zero-order chi connectivity index (χ0) is 16.8. The Kier molecular flexibility index (Phi) is 5.77. The SMILES string of the molecule is CCN(Cc1ccccc1)c1cc(C2CCOC2)nc(COC)n1. The molecule has 0 amide bonds. The summed E-state index contributed by atoms with van der Waals surface area (Å²) in [4.78, 5) is 11.7. The number of anilines is 1. The van der Waals surface area contributed by atoms with Crippen molar-refractivity contribution >= 4 is 5.82 Å². The maximum absolute atomic E-state index is 5.53. The number of benzene rings is 1. The van der Waals surface area contributed by atoms with Crippen LogP contribution >= 0.6 is 0 Å². The van der Waals surface area contributed by atoms with Crippen LogP contribution in [0, 0.1) is 0 Å². The highest BCUT2D eigenvalue weighted by atomic mass is 16.5. The molecule has 0 N–H and O–H groups in total. The smallest absolute Gasteiger partial charge is 0.156 e. The molecule has 1 aromatic heterocycles. The number of nitrogens with zero attached hydrogens (tertiary/aromatic N) is 3. The minimum Gasteiger partial charge on any atom is -0.381 e. The molecule has 1 aliphatic heterocycles. The molecule has 0 spiro atoms. The summed E-state index contributed by atoms with van der Waals surface area (Å²) in [6.07, 6.45) is 1.02. The molecule has 2 aromatic rings. The topological polar surface area (TPSA) is 47.5 Å². The van der Waals surface area contributed by atoms with E-state index in [1.54, 1.807) is 7.11 Å². The molecule has 1 unspecified atom stereocenters. The summed E-state index contributed by atoms with van der Waals surface area (Å²) in [6, 6.07) is 12.6. The van der Waals surface area contributed by atoms with Gasteiger partial charge in [-0.3, -0.25) is 0 Å². The maximum Gasteiger partial charge on any atom is 0.156 e. The number of rotatable bonds is 7. The lowest BCUT2D eigenvalue weighted by atomic mass is 10.0. The van der Waals surface area contributed by atoms with Crippen LogP contribution in [0.25, 0.3) is 0 Å². The lowest BCUT2D eigenvalue weighted by Crippen LogP contribution is -2.24. The standard InChI is InChI=1S/C19H25N3O2/c1-3-22(12-15-7-5-4-6-8-15)19-11-17(16-9-10-24-13-16)20-18(21-19)14-23-2/h4-8,11,16H,3,9-10,12-14H2,1-2H3. The molecule has 5 nitrogen and oxygen atoms in total. The van der Waals surface area contributed by atoms with Crippen molar-refractivity contribution in [1.82, 2.24) is 9.97 Å². The Labute approximate surface area is 143 Å². The van der Waals surface area contributed by atoms with E-state index in [9.17, 15) is 0 Å². The van der Waals surface area contributed by atoms with Gasteiger partial charge in [-0.1, -0.05) is 30.3 Å². The van der Waals surface area contributed by atoms with Crippen LogP contribution in [0.2, 0.25) is 0 Å². The lowest BCUT2D eigenvalue weighted by molar-refractivity contribution is 0.177. The van der Waals surface area contributed by atoms with Crippen molar-refractivity contribution < 1.29 is 9.47 Å². The van der Waals surface area contributed by atoms with Crippen molar-refractivity contribution in [3.8, 4) is 0 Å². The minimum atomic E-state index is 0.359. The molecular weight excluding hydrogens is 302 g/mol. The van der Waals surface area contributed by atoms with Crippen LogP contribution < -0.4 is 4.90 Å². The van der Waals surface area contributed by atoms with Crippen molar-refractivity contribution in [3.05, 3.63) is 53.5 Å². The second-order valence-corrected chi connectivity index (χ2v) is 6.06. The summed E-state index contributed by atoms with van der Waals surface area (Å²) < 4.78 is 10.8. The number of aromatic nitrogens is 2. The Morgan fingerprint density at radius 1 is 1.25 bits per heavy atom. The van der Waals surface area contributed by atoms with E-state index in [1.165, 1.54) is 5.56 Å². The monoisotopic (exact) mass is 327 g/mol. The highest BCUT2D eigenvalue weighted by molar-refractivity contribution is 5.42. The lowest BCUT2D eigenvalue weighted by Gasteiger charge is -2.24. The molecule has 0 saturated carbocycles. The van der Waals surface area contributed by atoms with Crippen molar-refractivity contribution in [2.45, 2.75) is 32.4 Å². The Bertz CT molecular complexity index is 642. The first-order valence-electron chi connectivity index (χ1n) is 8.53. The predicted molar refractivity (Wildman–Crippen MR) is 94.1 cm³/mol. The van der Waals surface area contributed by atoms with Gasteiger partial charge in [0.1, 0.15) is 12.4 Å². The van der Waals surface area contributed by atoms with Crippen LogP contribution in [0.4, 0.5) is 5.82 Å².